The summed E-state index contributed by atoms with van der Waals surface area (Å²) in [6.07, 6.45) is 0.396. The van der Waals surface area contributed by atoms with Gasteiger partial charge >= 0.3 is 0 Å². The van der Waals surface area contributed by atoms with Crippen LogP contribution in [0.3, 0.4) is 0 Å². The van der Waals surface area contributed by atoms with Crippen molar-refractivity contribution in [3.8, 4) is 17.2 Å². The molecule has 0 radical (unpaired) electrons. The lowest BCUT2D eigenvalue weighted by Crippen LogP contribution is -2.14. The zero-order valence-electron chi connectivity index (χ0n) is 17.3. The largest absolute Gasteiger partial charge is 0.340 e. The maximum Gasteiger partial charge on any atom is 0.134 e. The molecule has 0 spiro atoms. The van der Waals surface area contributed by atoms with Gasteiger partial charge in [0.05, 0.1) is 18.2 Å². The highest BCUT2D eigenvalue weighted by Crippen LogP contribution is 2.30. The van der Waals surface area contributed by atoms with Crippen LogP contribution in [0.2, 0.25) is 0 Å². The SMILES string of the molecule is C=Nc1ccc(-c2ccc3ccccc3c2)cc1C(=NC)Nc1ccc(CC#N)cc1. The minimum absolute atomic E-state index is 0.396. The van der Waals surface area contributed by atoms with Crippen molar-refractivity contribution in [2.75, 3.05) is 12.4 Å². The van der Waals surface area contributed by atoms with E-state index in [1.807, 2.05) is 36.4 Å². The molecule has 0 aliphatic carbocycles. The average Bonchev–Trinajstić information content (AvgIpc) is 2.83. The van der Waals surface area contributed by atoms with Gasteiger partial charge in [0, 0.05) is 18.3 Å². The van der Waals surface area contributed by atoms with Gasteiger partial charge in [-0.05, 0) is 64.5 Å². The van der Waals surface area contributed by atoms with Crippen LogP contribution < -0.4 is 5.32 Å². The molecule has 4 heteroatoms. The van der Waals surface area contributed by atoms with Crippen molar-refractivity contribution in [2.45, 2.75) is 6.42 Å². The Bertz CT molecular complexity index is 1310. The molecule has 0 fully saturated rings. The summed E-state index contributed by atoms with van der Waals surface area (Å²) >= 11 is 0. The normalized spacial score (nSPS) is 11.2. The van der Waals surface area contributed by atoms with Crippen LogP contribution in [-0.2, 0) is 6.42 Å². The van der Waals surface area contributed by atoms with Crippen molar-refractivity contribution in [1.82, 2.24) is 0 Å². The third-order valence-electron chi connectivity index (χ3n) is 5.23. The van der Waals surface area contributed by atoms with Gasteiger partial charge in [-0.25, -0.2) is 0 Å². The van der Waals surface area contributed by atoms with Crippen LogP contribution in [0.5, 0.6) is 0 Å². The zero-order valence-corrected chi connectivity index (χ0v) is 17.3. The van der Waals surface area contributed by atoms with Crippen molar-refractivity contribution in [3.05, 3.63) is 96.1 Å². The summed E-state index contributed by atoms with van der Waals surface area (Å²) in [6, 6.07) is 30.9. The monoisotopic (exact) mass is 402 g/mol. The minimum atomic E-state index is 0.396. The van der Waals surface area contributed by atoms with Crippen molar-refractivity contribution in [1.29, 1.82) is 5.26 Å². The molecule has 4 nitrogen and oxygen atoms in total. The van der Waals surface area contributed by atoms with E-state index in [-0.39, 0.29) is 0 Å². The summed E-state index contributed by atoms with van der Waals surface area (Å²) in [6.45, 7) is 3.73. The van der Waals surface area contributed by atoms with Crippen molar-refractivity contribution < 1.29 is 0 Å². The molecule has 0 atom stereocenters. The average molecular weight is 403 g/mol. The first-order valence-corrected chi connectivity index (χ1v) is 10.0. The third-order valence-corrected chi connectivity index (χ3v) is 5.23. The number of amidine groups is 1. The van der Waals surface area contributed by atoms with E-state index in [4.69, 9.17) is 5.26 Å². The van der Waals surface area contributed by atoms with E-state index in [0.29, 0.717) is 12.3 Å². The highest BCUT2D eigenvalue weighted by Gasteiger charge is 2.12. The quantitative estimate of drug-likeness (QED) is 0.310. The number of nitriles is 1. The number of rotatable bonds is 5. The van der Waals surface area contributed by atoms with Crippen LogP contribution in [0.25, 0.3) is 21.9 Å². The number of aliphatic imine (C=N–C) groups is 2. The molecule has 0 aliphatic heterocycles. The molecule has 0 saturated carbocycles. The van der Waals surface area contributed by atoms with Gasteiger partial charge in [-0.2, -0.15) is 5.26 Å². The molecule has 31 heavy (non-hydrogen) atoms. The molecule has 0 bridgehead atoms. The highest BCUT2D eigenvalue weighted by atomic mass is 15.0. The fourth-order valence-electron chi connectivity index (χ4n) is 3.59. The maximum atomic E-state index is 8.86. The first-order valence-electron chi connectivity index (χ1n) is 10.0. The number of anilines is 1. The Morgan fingerprint density at radius 3 is 2.32 bits per heavy atom. The van der Waals surface area contributed by atoms with E-state index in [2.05, 4.69) is 76.6 Å². The van der Waals surface area contributed by atoms with Gasteiger partial charge in [0.25, 0.3) is 0 Å². The first-order chi connectivity index (χ1) is 15.2. The molecule has 0 aromatic heterocycles. The summed E-state index contributed by atoms with van der Waals surface area (Å²) in [5.41, 5.74) is 5.73. The number of hydrogen-bond donors (Lipinski definition) is 1. The molecule has 0 amide bonds. The van der Waals surface area contributed by atoms with Crippen molar-refractivity contribution in [3.63, 3.8) is 0 Å². The Morgan fingerprint density at radius 2 is 1.61 bits per heavy atom. The molecule has 0 aliphatic rings. The molecular formula is C27H22N4. The second kappa shape index (κ2) is 9.06. The van der Waals surface area contributed by atoms with Crippen LogP contribution in [0.15, 0.2) is 94.9 Å². The molecular weight excluding hydrogens is 380 g/mol. The second-order valence-corrected chi connectivity index (χ2v) is 7.18. The van der Waals surface area contributed by atoms with Crippen LogP contribution in [0.1, 0.15) is 11.1 Å². The van der Waals surface area contributed by atoms with Crippen LogP contribution in [0, 0.1) is 11.3 Å². The molecule has 4 aromatic carbocycles. The smallest absolute Gasteiger partial charge is 0.134 e. The van der Waals surface area contributed by atoms with Gasteiger partial charge in [0.15, 0.2) is 0 Å². The van der Waals surface area contributed by atoms with Gasteiger partial charge in [-0.3, -0.25) is 9.98 Å². The number of fused-ring (bicyclic) bond motifs is 1. The van der Waals surface area contributed by atoms with Gasteiger partial charge in [0.1, 0.15) is 5.84 Å². The lowest BCUT2D eigenvalue weighted by atomic mass is 9.98. The summed E-state index contributed by atoms with van der Waals surface area (Å²) in [5, 5.41) is 14.7. The van der Waals surface area contributed by atoms with E-state index >= 15 is 0 Å². The molecule has 150 valence electrons. The number of benzene rings is 4. The van der Waals surface area contributed by atoms with Crippen LogP contribution in [0.4, 0.5) is 11.4 Å². The van der Waals surface area contributed by atoms with Gasteiger partial charge in [-0.1, -0.05) is 54.6 Å². The van der Waals surface area contributed by atoms with Gasteiger partial charge in [0.2, 0.25) is 0 Å². The van der Waals surface area contributed by atoms with E-state index in [1.54, 1.807) is 7.05 Å². The van der Waals surface area contributed by atoms with Crippen molar-refractivity contribution >= 4 is 34.7 Å². The number of nitrogens with zero attached hydrogens (tertiary/aromatic N) is 3. The van der Waals surface area contributed by atoms with Crippen molar-refractivity contribution in [2.24, 2.45) is 9.98 Å². The van der Waals surface area contributed by atoms with E-state index in [1.165, 1.54) is 10.8 Å². The summed E-state index contributed by atoms with van der Waals surface area (Å²) in [4.78, 5) is 8.67. The predicted molar refractivity (Wildman–Crippen MR) is 130 cm³/mol. The maximum absolute atomic E-state index is 8.86. The minimum Gasteiger partial charge on any atom is -0.340 e. The fraction of sp³-hybridized carbons (Fsp3) is 0.0741. The fourth-order valence-corrected chi connectivity index (χ4v) is 3.59. The molecule has 0 saturated heterocycles. The first kappa shape index (κ1) is 20.1. The molecule has 1 N–H and O–H groups in total. The number of nitrogens with one attached hydrogen (secondary N) is 1. The van der Waals surface area contributed by atoms with Crippen LogP contribution >= 0.6 is 0 Å². The zero-order chi connectivity index (χ0) is 21.6. The second-order valence-electron chi connectivity index (χ2n) is 7.18. The summed E-state index contributed by atoms with van der Waals surface area (Å²) in [5.74, 6) is 0.707. The van der Waals surface area contributed by atoms with E-state index < -0.39 is 0 Å². The van der Waals surface area contributed by atoms with Gasteiger partial charge < -0.3 is 5.32 Å². The Balaban J connectivity index is 1.70. The Labute approximate surface area is 182 Å². The predicted octanol–water partition coefficient (Wildman–Crippen LogP) is 6.39. The van der Waals surface area contributed by atoms with E-state index in [9.17, 15) is 0 Å². The Morgan fingerprint density at radius 1 is 0.903 bits per heavy atom. The lowest BCUT2D eigenvalue weighted by Gasteiger charge is -2.14. The summed E-state index contributed by atoms with van der Waals surface area (Å²) in [7, 11) is 1.75. The molecule has 0 heterocycles. The molecule has 0 unspecified atom stereocenters. The van der Waals surface area contributed by atoms with E-state index in [0.717, 1.165) is 33.6 Å². The Kier molecular flexibility index (Phi) is 5.86. The highest BCUT2D eigenvalue weighted by molar-refractivity contribution is 6.12. The summed E-state index contributed by atoms with van der Waals surface area (Å²) < 4.78 is 0. The standard InChI is InChI=1S/C27H22N4/c1-29-26-14-11-23(22-10-9-20-5-3-4-6-21(20)17-22)18-25(26)27(30-2)31-24-12-7-19(8-13-24)15-16-28/h3-14,17-18H,1,15H2,2H3,(H,30,31). The van der Waals surface area contributed by atoms with Gasteiger partial charge in [-0.15, -0.1) is 0 Å². The lowest BCUT2D eigenvalue weighted by molar-refractivity contribution is 1.26. The Hall–Kier alpha value is -4.23. The topological polar surface area (TPSA) is 60.5 Å². The number of hydrogen-bond acceptors (Lipinski definition) is 3. The molecule has 4 aromatic rings. The van der Waals surface area contributed by atoms with Crippen LogP contribution in [-0.4, -0.2) is 19.6 Å². The molecule has 4 rings (SSSR count). The third kappa shape index (κ3) is 4.36.